The van der Waals surface area contributed by atoms with Gasteiger partial charge >= 0.3 is 6.03 Å². The Bertz CT molecular complexity index is 769. The highest BCUT2D eigenvalue weighted by Gasteiger charge is 2.13. The van der Waals surface area contributed by atoms with Crippen LogP contribution in [0.1, 0.15) is 12.5 Å². The van der Waals surface area contributed by atoms with E-state index in [9.17, 15) is 13.2 Å². The Labute approximate surface area is 136 Å². The summed E-state index contributed by atoms with van der Waals surface area (Å²) in [4.78, 5) is 11.4. The third-order valence-electron chi connectivity index (χ3n) is 3.26. The number of hydrogen-bond donors (Lipinski definition) is 3. The van der Waals surface area contributed by atoms with Gasteiger partial charge in [0.1, 0.15) is 0 Å². The molecule has 0 aliphatic rings. The summed E-state index contributed by atoms with van der Waals surface area (Å²) in [5, 5.41) is 5.03. The Balaban J connectivity index is 2.12. The maximum absolute atomic E-state index is 12.3. The van der Waals surface area contributed by atoms with E-state index in [4.69, 9.17) is 0 Å². The SMILES string of the molecule is CCc1ccc(S(=O)(=O)Nc2ccc(NC(=O)NC)cc2)cc1. The van der Waals surface area contributed by atoms with Crippen molar-refractivity contribution in [1.82, 2.24) is 5.32 Å². The smallest absolute Gasteiger partial charge is 0.318 e. The van der Waals surface area contributed by atoms with Crippen molar-refractivity contribution in [3.8, 4) is 0 Å². The molecule has 0 heterocycles. The molecule has 0 aliphatic carbocycles. The lowest BCUT2D eigenvalue weighted by Gasteiger charge is -2.10. The topological polar surface area (TPSA) is 87.3 Å². The molecule has 23 heavy (non-hydrogen) atoms. The normalized spacial score (nSPS) is 10.9. The molecule has 0 fully saturated rings. The molecule has 0 atom stereocenters. The highest BCUT2D eigenvalue weighted by atomic mass is 32.2. The number of sulfonamides is 1. The highest BCUT2D eigenvalue weighted by molar-refractivity contribution is 7.92. The minimum absolute atomic E-state index is 0.210. The Hall–Kier alpha value is -2.54. The summed E-state index contributed by atoms with van der Waals surface area (Å²) in [5.41, 5.74) is 2.07. The second kappa shape index (κ2) is 7.15. The van der Waals surface area contributed by atoms with Crippen LogP contribution >= 0.6 is 0 Å². The first-order valence-corrected chi connectivity index (χ1v) is 8.63. The maximum atomic E-state index is 12.3. The van der Waals surface area contributed by atoms with Crippen LogP contribution in [0, 0.1) is 0 Å². The molecule has 0 saturated carbocycles. The van der Waals surface area contributed by atoms with E-state index in [-0.39, 0.29) is 10.9 Å². The van der Waals surface area contributed by atoms with Crippen molar-refractivity contribution in [2.75, 3.05) is 17.1 Å². The molecular weight excluding hydrogens is 314 g/mol. The average molecular weight is 333 g/mol. The van der Waals surface area contributed by atoms with Crippen LogP contribution in [0.3, 0.4) is 0 Å². The number of rotatable bonds is 5. The Morgan fingerprint density at radius 2 is 1.52 bits per heavy atom. The molecule has 2 rings (SSSR count). The molecule has 0 radical (unpaired) electrons. The summed E-state index contributed by atoms with van der Waals surface area (Å²) >= 11 is 0. The van der Waals surface area contributed by atoms with Gasteiger partial charge < -0.3 is 10.6 Å². The third-order valence-corrected chi connectivity index (χ3v) is 4.66. The number of urea groups is 1. The summed E-state index contributed by atoms with van der Waals surface area (Å²) in [7, 11) is -2.11. The minimum atomic E-state index is -3.63. The number of anilines is 2. The number of aryl methyl sites for hydroxylation is 1. The number of carbonyl (C=O) groups is 1. The van der Waals surface area contributed by atoms with E-state index < -0.39 is 10.0 Å². The summed E-state index contributed by atoms with van der Waals surface area (Å²) in [6.45, 7) is 2.01. The molecule has 6 nitrogen and oxygen atoms in total. The van der Waals surface area contributed by atoms with Crippen LogP contribution in [-0.4, -0.2) is 21.5 Å². The summed E-state index contributed by atoms with van der Waals surface area (Å²) < 4.78 is 27.1. The molecule has 2 aromatic rings. The van der Waals surface area contributed by atoms with Gasteiger partial charge in [0.05, 0.1) is 4.90 Å². The van der Waals surface area contributed by atoms with Gasteiger partial charge in [-0.05, 0) is 48.4 Å². The van der Waals surface area contributed by atoms with Crippen LogP contribution in [-0.2, 0) is 16.4 Å². The molecule has 0 aromatic heterocycles. The molecule has 0 saturated heterocycles. The van der Waals surface area contributed by atoms with Crippen LogP contribution in [0.4, 0.5) is 16.2 Å². The fourth-order valence-corrected chi connectivity index (χ4v) is 2.99. The van der Waals surface area contributed by atoms with Gasteiger partial charge in [0, 0.05) is 18.4 Å². The predicted octanol–water partition coefficient (Wildman–Crippen LogP) is 2.80. The van der Waals surface area contributed by atoms with Crippen molar-refractivity contribution >= 4 is 27.4 Å². The van der Waals surface area contributed by atoms with Crippen molar-refractivity contribution in [3.05, 3.63) is 54.1 Å². The minimum Gasteiger partial charge on any atom is -0.341 e. The third kappa shape index (κ3) is 4.46. The van der Waals surface area contributed by atoms with Crippen LogP contribution in [0.25, 0.3) is 0 Å². The standard InChI is InChI=1S/C16H19N3O3S/c1-3-12-4-10-15(11-5-12)23(21,22)19-14-8-6-13(7-9-14)18-16(20)17-2/h4-11,19H,3H2,1-2H3,(H2,17,18,20). The quantitative estimate of drug-likeness (QED) is 0.786. The van der Waals surface area contributed by atoms with Gasteiger partial charge in [0.15, 0.2) is 0 Å². The molecular formula is C16H19N3O3S. The lowest BCUT2D eigenvalue weighted by Crippen LogP contribution is -2.24. The van der Waals surface area contributed by atoms with E-state index in [1.165, 1.54) is 7.05 Å². The van der Waals surface area contributed by atoms with E-state index in [2.05, 4.69) is 15.4 Å². The zero-order valence-corrected chi connectivity index (χ0v) is 13.8. The molecule has 7 heteroatoms. The van der Waals surface area contributed by atoms with Gasteiger partial charge in [-0.15, -0.1) is 0 Å². The van der Waals surface area contributed by atoms with Gasteiger partial charge in [-0.2, -0.15) is 0 Å². The lowest BCUT2D eigenvalue weighted by molar-refractivity contribution is 0.254. The van der Waals surface area contributed by atoms with Crippen LogP contribution in [0.2, 0.25) is 0 Å². The molecule has 0 aliphatic heterocycles. The largest absolute Gasteiger partial charge is 0.341 e. The molecule has 3 N–H and O–H groups in total. The molecule has 122 valence electrons. The number of benzene rings is 2. The van der Waals surface area contributed by atoms with Crippen molar-refractivity contribution in [2.45, 2.75) is 18.2 Å². The Kier molecular flexibility index (Phi) is 5.23. The van der Waals surface area contributed by atoms with Crippen LogP contribution < -0.4 is 15.4 Å². The van der Waals surface area contributed by atoms with Gasteiger partial charge in [-0.25, -0.2) is 13.2 Å². The van der Waals surface area contributed by atoms with Crippen molar-refractivity contribution in [3.63, 3.8) is 0 Å². The van der Waals surface area contributed by atoms with E-state index in [1.54, 1.807) is 48.5 Å². The van der Waals surface area contributed by atoms with E-state index in [1.807, 2.05) is 6.92 Å². The fraction of sp³-hybridized carbons (Fsp3) is 0.188. The predicted molar refractivity (Wildman–Crippen MR) is 91.1 cm³/mol. The highest BCUT2D eigenvalue weighted by Crippen LogP contribution is 2.19. The zero-order chi connectivity index (χ0) is 16.9. The second-order valence-corrected chi connectivity index (χ2v) is 6.57. The van der Waals surface area contributed by atoms with Gasteiger partial charge in [0.25, 0.3) is 10.0 Å². The molecule has 0 bridgehead atoms. The van der Waals surface area contributed by atoms with Gasteiger partial charge in [-0.3, -0.25) is 4.72 Å². The number of amides is 2. The molecule has 0 spiro atoms. The van der Waals surface area contributed by atoms with Crippen molar-refractivity contribution < 1.29 is 13.2 Å². The van der Waals surface area contributed by atoms with E-state index in [0.717, 1.165) is 12.0 Å². The summed E-state index contributed by atoms with van der Waals surface area (Å²) in [6.07, 6.45) is 0.855. The molecule has 2 aromatic carbocycles. The zero-order valence-electron chi connectivity index (χ0n) is 13.0. The lowest BCUT2D eigenvalue weighted by atomic mass is 10.2. The number of carbonyl (C=O) groups excluding carboxylic acids is 1. The van der Waals surface area contributed by atoms with Gasteiger partial charge in [-0.1, -0.05) is 19.1 Å². The van der Waals surface area contributed by atoms with Crippen LogP contribution in [0.5, 0.6) is 0 Å². The first-order chi connectivity index (χ1) is 10.9. The fourth-order valence-electron chi connectivity index (χ4n) is 1.93. The van der Waals surface area contributed by atoms with Gasteiger partial charge in [0.2, 0.25) is 0 Å². The molecule has 2 amide bonds. The number of nitrogens with one attached hydrogen (secondary N) is 3. The van der Waals surface area contributed by atoms with E-state index in [0.29, 0.717) is 11.4 Å². The summed E-state index contributed by atoms with van der Waals surface area (Å²) in [6, 6.07) is 12.8. The number of hydrogen-bond acceptors (Lipinski definition) is 3. The Morgan fingerprint density at radius 1 is 0.957 bits per heavy atom. The van der Waals surface area contributed by atoms with Crippen molar-refractivity contribution in [2.24, 2.45) is 0 Å². The average Bonchev–Trinajstić information content (AvgIpc) is 2.56. The molecule has 0 unspecified atom stereocenters. The van der Waals surface area contributed by atoms with E-state index >= 15 is 0 Å². The van der Waals surface area contributed by atoms with Crippen LogP contribution in [0.15, 0.2) is 53.4 Å². The first-order valence-electron chi connectivity index (χ1n) is 7.15. The summed E-state index contributed by atoms with van der Waals surface area (Å²) in [5.74, 6) is 0. The monoisotopic (exact) mass is 333 g/mol. The van der Waals surface area contributed by atoms with Crippen molar-refractivity contribution in [1.29, 1.82) is 0 Å². The second-order valence-electron chi connectivity index (χ2n) is 4.88. The Morgan fingerprint density at radius 3 is 2.04 bits per heavy atom. The first kappa shape index (κ1) is 16.8. The maximum Gasteiger partial charge on any atom is 0.318 e.